The number of pyridine rings is 2. The van der Waals surface area contributed by atoms with Gasteiger partial charge in [0.1, 0.15) is 24.0 Å². The first-order valence-electron chi connectivity index (χ1n) is 24.2. The highest BCUT2D eigenvalue weighted by atomic mass is 16.5. The minimum atomic E-state index is -0.725. The zero-order valence-corrected chi connectivity index (χ0v) is 40.6. The third-order valence-electron chi connectivity index (χ3n) is 14.3. The standard InChI is InChI=1S/C55H63N7O6/c1-9-60-46-20-18-37-30-43(46)44(50(60)42-15-12-22-57-48(42)34(4)67-8)31-55(5,6)32-68-54(66)45-16-13-23-61(58-45)51-47(28-36-26-38(37)29-41(63)27-36)62(51)53(65)49(33(2)3)59(7)52(64)39-24-35(25-39)17-19-40-14-10-11-21-56-40/h10-12,14-15,18,20-22,26-27,29-30,33-35,39,45,47,49,58H,9,13,16,23-25,28,31-32H2,1-8H3/p+1/t34-,35?,39?,45-,47-,49-/m0/s1. The molecule has 1 saturated carbocycles. The Labute approximate surface area is 399 Å². The number of hydrazine groups is 1. The smallest absolute Gasteiger partial charge is 0.333 e. The van der Waals surface area contributed by atoms with E-state index in [1.165, 1.54) is 0 Å². The number of cyclic esters (lactones) is 1. The lowest BCUT2D eigenvalue weighted by molar-refractivity contribution is -0.600. The lowest BCUT2D eigenvalue weighted by Gasteiger charge is -2.37. The van der Waals surface area contributed by atoms with Gasteiger partial charge in [0.15, 0.2) is 6.04 Å². The number of aryl methyl sites for hydroxylation is 1. The summed E-state index contributed by atoms with van der Waals surface area (Å²) in [5.41, 5.74) is 11.4. The molecule has 6 bridgehead atoms. The fourth-order valence-corrected chi connectivity index (χ4v) is 10.7. The number of nitrogens with zero attached hydrogens (tertiary/aromatic N) is 6. The van der Waals surface area contributed by atoms with Gasteiger partial charge in [-0.15, -0.1) is 0 Å². The van der Waals surface area contributed by atoms with Crippen molar-refractivity contribution in [3.63, 3.8) is 0 Å². The van der Waals surface area contributed by atoms with Crippen LogP contribution >= 0.6 is 0 Å². The van der Waals surface area contributed by atoms with Gasteiger partial charge < -0.3 is 24.0 Å². The minimum Gasteiger partial charge on any atom is -0.508 e. The van der Waals surface area contributed by atoms with Crippen LogP contribution < -0.4 is 5.43 Å². The average Bonchev–Trinajstić information content (AvgIpc) is 3.95. The van der Waals surface area contributed by atoms with Gasteiger partial charge in [-0.25, -0.2) is 20.0 Å². The number of carbonyl (C=O) groups excluding carboxylic acids is 3. The molecular weight excluding hydrogens is 855 g/mol. The topological polar surface area (TPSA) is 142 Å². The van der Waals surface area contributed by atoms with Gasteiger partial charge in [-0.1, -0.05) is 51.8 Å². The van der Waals surface area contributed by atoms with Crippen LogP contribution in [0.1, 0.15) is 95.8 Å². The summed E-state index contributed by atoms with van der Waals surface area (Å²) in [7, 11) is 3.44. The van der Waals surface area contributed by atoms with Crippen molar-refractivity contribution in [2.75, 3.05) is 27.3 Å². The van der Waals surface area contributed by atoms with Crippen LogP contribution in [-0.2, 0) is 43.2 Å². The normalized spacial score (nSPS) is 22.9. The fraction of sp³-hybridized carbons (Fsp3) is 0.455. The third kappa shape index (κ3) is 9.10. The Balaban J connectivity index is 1.08. The van der Waals surface area contributed by atoms with E-state index in [-0.39, 0.29) is 60.0 Å². The second kappa shape index (κ2) is 18.9. The Kier molecular flexibility index (Phi) is 12.9. The number of hydrogen-bond donors (Lipinski definition) is 2. The van der Waals surface area contributed by atoms with Crippen LogP contribution in [0.2, 0.25) is 0 Å². The Morgan fingerprint density at radius 3 is 2.57 bits per heavy atom. The van der Waals surface area contributed by atoms with E-state index in [1.54, 1.807) is 48.5 Å². The number of rotatable bonds is 8. The van der Waals surface area contributed by atoms with Gasteiger partial charge in [-0.05, 0) is 129 Å². The second-order valence-corrected chi connectivity index (χ2v) is 20.2. The highest BCUT2D eigenvalue weighted by Crippen LogP contribution is 2.43. The van der Waals surface area contributed by atoms with Crippen LogP contribution in [0, 0.1) is 35.0 Å². The average molecular weight is 919 g/mol. The molecule has 2 N–H and O–H groups in total. The maximum atomic E-state index is 15.0. The van der Waals surface area contributed by atoms with Gasteiger partial charge in [0.25, 0.3) is 0 Å². The first-order chi connectivity index (χ1) is 32.7. The molecule has 2 amide bonds. The number of aromatic hydroxyl groups is 1. The number of methoxy groups -OCH3 is 1. The van der Waals surface area contributed by atoms with Crippen molar-refractivity contribution in [1.82, 2.24) is 29.8 Å². The number of amides is 2. The lowest BCUT2D eigenvalue weighted by atomic mass is 9.74. The Bertz CT molecular complexity index is 2850. The zero-order valence-electron chi connectivity index (χ0n) is 40.6. The molecule has 0 unspecified atom stereocenters. The fourth-order valence-electron chi connectivity index (χ4n) is 10.7. The van der Waals surface area contributed by atoms with E-state index in [0.29, 0.717) is 57.3 Å². The molecule has 68 heavy (non-hydrogen) atoms. The number of benzene rings is 2. The largest absolute Gasteiger partial charge is 0.508 e. The molecule has 2 aromatic carbocycles. The number of hydrazone groups is 1. The molecule has 6 heterocycles. The summed E-state index contributed by atoms with van der Waals surface area (Å²) in [6.45, 7) is 13.8. The zero-order chi connectivity index (χ0) is 48.0. The van der Waals surface area contributed by atoms with Crippen LogP contribution in [0.3, 0.4) is 0 Å². The van der Waals surface area contributed by atoms with Gasteiger partial charge in [-0.2, -0.15) is 9.58 Å². The Morgan fingerprint density at radius 2 is 1.84 bits per heavy atom. The number of phenolic OH excluding ortho intramolecular Hbond substituents is 1. The molecule has 3 aliphatic heterocycles. The van der Waals surface area contributed by atoms with Gasteiger partial charge in [0, 0.05) is 73.2 Å². The molecule has 3 fully saturated rings. The molecule has 4 aliphatic rings. The van der Waals surface area contributed by atoms with Crippen LogP contribution in [0.25, 0.3) is 33.3 Å². The number of nitrogens with one attached hydrogen (secondary N) is 1. The summed E-state index contributed by atoms with van der Waals surface area (Å²) in [4.78, 5) is 55.8. The molecule has 9 rings (SSSR count). The predicted octanol–water partition coefficient (Wildman–Crippen LogP) is 7.72. The van der Waals surface area contributed by atoms with Crippen molar-refractivity contribution in [2.45, 2.75) is 111 Å². The maximum absolute atomic E-state index is 15.0. The number of hydrogen-bond acceptors (Lipinski definition) is 9. The number of esters is 1. The van der Waals surface area contributed by atoms with Crippen molar-refractivity contribution in [1.29, 1.82) is 0 Å². The maximum Gasteiger partial charge on any atom is 0.333 e. The van der Waals surface area contributed by atoms with Crippen molar-refractivity contribution < 1.29 is 33.6 Å². The monoisotopic (exact) mass is 918 g/mol. The summed E-state index contributed by atoms with van der Waals surface area (Å²) < 4.78 is 16.4. The number of amidine groups is 1. The summed E-state index contributed by atoms with van der Waals surface area (Å²) in [6.07, 6.45) is 6.84. The van der Waals surface area contributed by atoms with Crippen LogP contribution in [0.5, 0.6) is 5.75 Å². The quantitative estimate of drug-likeness (QED) is 0.0693. The van der Waals surface area contributed by atoms with Gasteiger partial charge in [-0.3, -0.25) is 9.78 Å². The number of phenols is 1. The van der Waals surface area contributed by atoms with Crippen LogP contribution in [0.15, 0.2) is 79.1 Å². The molecule has 13 nitrogen and oxygen atoms in total. The third-order valence-corrected chi connectivity index (χ3v) is 14.3. The van der Waals surface area contributed by atoms with E-state index < -0.39 is 17.5 Å². The van der Waals surface area contributed by atoms with Gasteiger partial charge in [0.2, 0.25) is 11.9 Å². The van der Waals surface area contributed by atoms with E-state index in [0.717, 1.165) is 55.9 Å². The van der Waals surface area contributed by atoms with E-state index in [9.17, 15) is 14.7 Å². The number of likely N-dealkylation sites (N-methyl/N-ethyl adjacent to an activating group) is 1. The predicted molar refractivity (Wildman–Crippen MR) is 261 cm³/mol. The molecular formula is C55H64N7O6+. The highest BCUT2D eigenvalue weighted by Gasteiger charge is 2.63. The summed E-state index contributed by atoms with van der Waals surface area (Å²) in [5, 5.41) is 12.5. The SMILES string of the molecule is CCn1c(-c2cccnc2[C@H](C)OC)c2c3cc(ccc31)-c1cc(O)cc(c1)C[C@H]1/C(=[N+]3/CCC[C@H](N3)C(=O)OCC(C)(C)C2)N1C(=O)[C@H](C(C)C)N(C)C(=O)C1CC(C#Cc2ccccn2)C1. The summed E-state index contributed by atoms with van der Waals surface area (Å²) >= 11 is 0. The van der Waals surface area contributed by atoms with Gasteiger partial charge in [0.05, 0.1) is 24.1 Å². The Hall–Kier alpha value is -6.52. The first kappa shape index (κ1) is 46.6. The van der Waals surface area contributed by atoms with E-state index in [2.05, 4.69) is 77.9 Å². The molecule has 0 spiro atoms. The molecule has 3 aromatic heterocycles. The number of ether oxygens (including phenoxy) is 2. The van der Waals surface area contributed by atoms with Crippen molar-refractivity contribution >= 4 is 34.5 Å². The van der Waals surface area contributed by atoms with Crippen LogP contribution in [-0.4, -0.2) is 103 Å². The molecule has 2 saturated heterocycles. The van der Waals surface area contributed by atoms with E-state index >= 15 is 4.79 Å². The van der Waals surface area contributed by atoms with Crippen molar-refractivity contribution in [3.8, 4) is 40.0 Å². The summed E-state index contributed by atoms with van der Waals surface area (Å²) in [5.74, 6) is 6.40. The van der Waals surface area contributed by atoms with E-state index in [4.69, 9.17) is 14.5 Å². The Morgan fingerprint density at radius 1 is 1.04 bits per heavy atom. The second-order valence-electron chi connectivity index (χ2n) is 20.2. The molecule has 1 aliphatic carbocycles. The molecule has 5 aromatic rings. The molecule has 0 radical (unpaired) electrons. The number of aromatic nitrogens is 3. The van der Waals surface area contributed by atoms with Crippen LogP contribution in [0.4, 0.5) is 0 Å². The first-order valence-corrected chi connectivity index (χ1v) is 24.2. The minimum absolute atomic E-state index is 0.0587. The molecule has 4 atom stereocenters. The summed E-state index contributed by atoms with van der Waals surface area (Å²) in [6, 6.07) is 20.1. The molecule has 354 valence electrons. The van der Waals surface area contributed by atoms with Crippen molar-refractivity contribution in [2.24, 2.45) is 23.2 Å². The van der Waals surface area contributed by atoms with Gasteiger partial charge >= 0.3 is 17.7 Å². The highest BCUT2D eigenvalue weighted by molar-refractivity contribution is 6.14. The van der Waals surface area contributed by atoms with E-state index in [1.807, 2.05) is 49.7 Å². The number of carbonyl (C=O) groups is 3. The number of fused-ring (bicyclic) bond motifs is 7. The van der Waals surface area contributed by atoms with Crippen molar-refractivity contribution in [3.05, 3.63) is 102 Å². The lowest BCUT2D eigenvalue weighted by Crippen LogP contribution is -2.53. The molecule has 13 heteroatoms.